The van der Waals surface area contributed by atoms with Crippen molar-refractivity contribution in [3.05, 3.63) is 94.5 Å². The molecule has 118 valence electrons. The van der Waals surface area contributed by atoms with Crippen molar-refractivity contribution in [1.29, 1.82) is 0 Å². The Labute approximate surface area is 138 Å². The van der Waals surface area contributed by atoms with Crippen molar-refractivity contribution in [2.75, 3.05) is 5.32 Å². The van der Waals surface area contributed by atoms with Crippen LogP contribution < -0.4 is 5.32 Å². The first-order chi connectivity index (χ1) is 11.6. The zero-order valence-electron chi connectivity index (χ0n) is 12.7. The highest BCUT2D eigenvalue weighted by Crippen LogP contribution is 2.23. The third-order valence-corrected chi connectivity index (χ3v) is 3.60. The molecule has 5 heteroatoms. The number of benzene rings is 3. The van der Waals surface area contributed by atoms with E-state index in [-0.39, 0.29) is 11.3 Å². The largest absolute Gasteiger partial charge is 0.322 e. The van der Waals surface area contributed by atoms with Crippen LogP contribution in [0.5, 0.6) is 0 Å². The van der Waals surface area contributed by atoms with Gasteiger partial charge in [0.15, 0.2) is 0 Å². The Morgan fingerprint density at radius 2 is 1.38 bits per heavy atom. The highest BCUT2D eigenvalue weighted by Gasteiger charge is 2.19. The molecule has 1 N–H and O–H groups in total. The van der Waals surface area contributed by atoms with Gasteiger partial charge < -0.3 is 5.32 Å². The summed E-state index contributed by atoms with van der Waals surface area (Å²) in [6.45, 7) is 0. The fraction of sp³-hybridized carbons (Fsp3) is 0. The summed E-state index contributed by atoms with van der Waals surface area (Å²) in [4.78, 5) is 22.7. The van der Waals surface area contributed by atoms with Gasteiger partial charge >= 0.3 is 0 Å². The molecule has 0 aliphatic heterocycles. The van der Waals surface area contributed by atoms with Crippen molar-refractivity contribution in [1.82, 2.24) is 0 Å². The third-order valence-electron chi connectivity index (χ3n) is 3.60. The van der Waals surface area contributed by atoms with Crippen LogP contribution in [0.1, 0.15) is 10.4 Å². The Kier molecular flexibility index (Phi) is 4.34. The molecule has 0 radical (unpaired) electrons. The molecule has 0 bridgehead atoms. The Hall–Kier alpha value is -3.47. The number of rotatable bonds is 4. The molecule has 0 fully saturated rings. The predicted octanol–water partition coefficient (Wildman–Crippen LogP) is 4.51. The van der Waals surface area contributed by atoms with Gasteiger partial charge in [-0.1, -0.05) is 54.6 Å². The summed E-state index contributed by atoms with van der Waals surface area (Å²) in [7, 11) is 0. The summed E-state index contributed by atoms with van der Waals surface area (Å²) in [5.74, 6) is -0.505. The van der Waals surface area contributed by atoms with Crippen LogP contribution >= 0.6 is 0 Å². The summed E-state index contributed by atoms with van der Waals surface area (Å²) in [5, 5.41) is 13.7. The van der Waals surface area contributed by atoms with Crippen molar-refractivity contribution >= 4 is 17.3 Å². The van der Waals surface area contributed by atoms with Crippen LogP contribution in [-0.4, -0.2) is 10.8 Å². The third kappa shape index (κ3) is 3.30. The monoisotopic (exact) mass is 318 g/mol. The highest BCUT2D eigenvalue weighted by atomic mass is 16.6. The van der Waals surface area contributed by atoms with Gasteiger partial charge in [0.2, 0.25) is 0 Å². The summed E-state index contributed by atoms with van der Waals surface area (Å²) in [5.41, 5.74) is 2.51. The van der Waals surface area contributed by atoms with Crippen LogP contribution in [0.15, 0.2) is 78.9 Å². The number of anilines is 1. The van der Waals surface area contributed by atoms with Crippen molar-refractivity contribution < 1.29 is 9.72 Å². The van der Waals surface area contributed by atoms with E-state index in [1.54, 1.807) is 18.2 Å². The first-order valence-corrected chi connectivity index (χ1v) is 7.35. The average molecular weight is 318 g/mol. The normalized spacial score (nSPS) is 10.2. The first kappa shape index (κ1) is 15.4. The van der Waals surface area contributed by atoms with Gasteiger partial charge in [-0.2, -0.15) is 0 Å². The summed E-state index contributed by atoms with van der Waals surface area (Å²) in [6, 6.07) is 23.1. The molecular formula is C19H14N2O3. The Morgan fingerprint density at radius 3 is 2.04 bits per heavy atom. The molecule has 0 saturated heterocycles. The summed E-state index contributed by atoms with van der Waals surface area (Å²) in [6.07, 6.45) is 0. The molecule has 3 rings (SSSR count). The lowest BCUT2D eigenvalue weighted by Crippen LogP contribution is -2.13. The summed E-state index contributed by atoms with van der Waals surface area (Å²) >= 11 is 0. The zero-order valence-corrected chi connectivity index (χ0v) is 12.7. The lowest BCUT2D eigenvalue weighted by molar-refractivity contribution is -0.385. The van der Waals surface area contributed by atoms with E-state index >= 15 is 0 Å². The highest BCUT2D eigenvalue weighted by molar-refractivity contribution is 6.07. The van der Waals surface area contributed by atoms with Crippen molar-refractivity contribution in [3.63, 3.8) is 0 Å². The number of nitro groups is 1. The number of para-hydroxylation sites is 1. The van der Waals surface area contributed by atoms with Crippen LogP contribution in [-0.2, 0) is 0 Å². The number of hydrogen-bond donors (Lipinski definition) is 1. The number of hydrogen-bond acceptors (Lipinski definition) is 3. The molecule has 0 saturated carbocycles. The van der Waals surface area contributed by atoms with Gasteiger partial charge in [-0.3, -0.25) is 14.9 Å². The number of nitro benzene ring substituents is 1. The number of amides is 1. The fourth-order valence-electron chi connectivity index (χ4n) is 2.40. The minimum atomic E-state index is -0.562. The van der Waals surface area contributed by atoms with Gasteiger partial charge in [0.05, 0.1) is 4.92 Å². The van der Waals surface area contributed by atoms with E-state index in [4.69, 9.17) is 0 Å². The Bertz CT molecular complexity index is 875. The topological polar surface area (TPSA) is 72.2 Å². The number of nitrogens with one attached hydrogen (secondary N) is 1. The van der Waals surface area contributed by atoms with Gasteiger partial charge in [-0.15, -0.1) is 0 Å². The van der Waals surface area contributed by atoms with Crippen LogP contribution in [0.2, 0.25) is 0 Å². The molecule has 0 unspecified atom stereocenters. The first-order valence-electron chi connectivity index (χ1n) is 7.35. The van der Waals surface area contributed by atoms with E-state index in [0.29, 0.717) is 5.69 Å². The molecule has 1 amide bonds. The minimum absolute atomic E-state index is 0.0367. The second-order valence-corrected chi connectivity index (χ2v) is 5.17. The Morgan fingerprint density at radius 1 is 0.792 bits per heavy atom. The maximum Gasteiger partial charge on any atom is 0.282 e. The minimum Gasteiger partial charge on any atom is -0.322 e. The average Bonchev–Trinajstić information content (AvgIpc) is 2.63. The van der Waals surface area contributed by atoms with Crippen molar-refractivity contribution in [2.24, 2.45) is 0 Å². The van der Waals surface area contributed by atoms with E-state index in [9.17, 15) is 14.9 Å². The van der Waals surface area contributed by atoms with Gasteiger partial charge in [-0.05, 0) is 29.3 Å². The van der Waals surface area contributed by atoms with E-state index in [2.05, 4.69) is 5.32 Å². The van der Waals surface area contributed by atoms with Gasteiger partial charge in [0.25, 0.3) is 11.6 Å². The Balaban J connectivity index is 1.80. The van der Waals surface area contributed by atoms with Crippen LogP contribution in [0.4, 0.5) is 11.4 Å². The summed E-state index contributed by atoms with van der Waals surface area (Å²) < 4.78 is 0. The fourth-order valence-corrected chi connectivity index (χ4v) is 2.40. The number of nitrogens with zero attached hydrogens (tertiary/aromatic N) is 1. The van der Waals surface area contributed by atoms with E-state index < -0.39 is 10.8 Å². The van der Waals surface area contributed by atoms with Crippen molar-refractivity contribution in [2.45, 2.75) is 0 Å². The molecule has 3 aromatic carbocycles. The molecule has 0 spiro atoms. The standard InChI is InChI=1S/C19H14N2O3/c22-19(17-8-4-5-9-18(17)21(23)24)20-16-12-10-15(11-13-16)14-6-2-1-3-7-14/h1-13H,(H,20,22). The molecule has 0 aliphatic carbocycles. The van der Waals surface area contributed by atoms with Gasteiger partial charge in [0, 0.05) is 11.8 Å². The number of carbonyl (C=O) groups excluding carboxylic acids is 1. The zero-order chi connectivity index (χ0) is 16.9. The van der Waals surface area contributed by atoms with Crippen LogP contribution in [0.25, 0.3) is 11.1 Å². The lowest BCUT2D eigenvalue weighted by Gasteiger charge is -2.07. The van der Waals surface area contributed by atoms with E-state index in [0.717, 1.165) is 11.1 Å². The van der Waals surface area contributed by atoms with E-state index in [1.165, 1.54) is 18.2 Å². The van der Waals surface area contributed by atoms with Gasteiger partial charge in [-0.25, -0.2) is 0 Å². The molecule has 24 heavy (non-hydrogen) atoms. The van der Waals surface area contributed by atoms with Crippen molar-refractivity contribution in [3.8, 4) is 11.1 Å². The van der Waals surface area contributed by atoms with E-state index in [1.807, 2.05) is 42.5 Å². The predicted molar refractivity (Wildman–Crippen MR) is 92.9 cm³/mol. The molecule has 0 heterocycles. The quantitative estimate of drug-likeness (QED) is 0.568. The second kappa shape index (κ2) is 6.75. The van der Waals surface area contributed by atoms with Gasteiger partial charge in [0.1, 0.15) is 5.56 Å². The lowest BCUT2D eigenvalue weighted by atomic mass is 10.1. The smallest absolute Gasteiger partial charge is 0.282 e. The molecule has 0 aliphatic rings. The molecule has 3 aromatic rings. The molecule has 0 aromatic heterocycles. The SMILES string of the molecule is O=C(Nc1ccc(-c2ccccc2)cc1)c1ccccc1[N+](=O)[O-]. The van der Waals surface area contributed by atoms with Crippen LogP contribution in [0, 0.1) is 10.1 Å². The molecule has 5 nitrogen and oxygen atoms in total. The second-order valence-electron chi connectivity index (χ2n) is 5.17. The van der Waals surface area contributed by atoms with Crippen LogP contribution in [0.3, 0.4) is 0 Å². The molecular weight excluding hydrogens is 304 g/mol. The number of carbonyl (C=O) groups is 1. The maximum atomic E-state index is 12.3. The molecule has 0 atom stereocenters. The maximum absolute atomic E-state index is 12.3.